The van der Waals surface area contributed by atoms with Crippen molar-refractivity contribution >= 4 is 11.9 Å². The molecule has 0 aromatic rings. The van der Waals surface area contributed by atoms with Gasteiger partial charge in [0, 0.05) is 0 Å². The molecule has 0 radical (unpaired) electrons. The molecule has 1 amide bonds. The van der Waals surface area contributed by atoms with Crippen molar-refractivity contribution in [1.29, 1.82) is 0 Å². The molecule has 0 aromatic heterocycles. The van der Waals surface area contributed by atoms with Crippen LogP contribution in [-0.4, -0.2) is 42.5 Å². The Kier molecular flexibility index (Phi) is 5.27. The minimum absolute atomic E-state index is 0.899. The molecule has 22 heavy (non-hydrogen) atoms. The van der Waals surface area contributed by atoms with Gasteiger partial charge in [-0.25, -0.2) is 4.79 Å². The summed E-state index contributed by atoms with van der Waals surface area (Å²) in [4.78, 5) is 29.0. The largest absolute Gasteiger partial charge is 0.496 e. The Morgan fingerprint density at radius 3 is 2.23 bits per heavy atom. The third kappa shape index (κ3) is 4.79. The van der Waals surface area contributed by atoms with Crippen molar-refractivity contribution < 1.29 is 50.4 Å². The van der Waals surface area contributed by atoms with Gasteiger partial charge in [0.25, 0.3) is 0 Å². The van der Waals surface area contributed by atoms with Crippen molar-refractivity contribution in [3.05, 3.63) is 12.3 Å². The van der Waals surface area contributed by atoms with Gasteiger partial charge in [-0.3, -0.25) is 9.68 Å². The van der Waals surface area contributed by atoms with Crippen LogP contribution in [0.25, 0.3) is 0 Å². The van der Waals surface area contributed by atoms with Gasteiger partial charge in [0.05, 0.1) is 12.3 Å². The number of hydrogen-bond acceptors (Lipinski definition) is 5. The number of alkyl halides is 6. The summed E-state index contributed by atoms with van der Waals surface area (Å²) in [5.41, 5.74) is 0. The molecule has 1 aliphatic rings. The van der Waals surface area contributed by atoms with Gasteiger partial charge in [-0.15, -0.1) is 0 Å². The first-order valence-electron chi connectivity index (χ1n) is 5.57. The summed E-state index contributed by atoms with van der Waals surface area (Å²) < 4.78 is 77.1. The fourth-order valence-electron chi connectivity index (χ4n) is 1.38. The van der Waals surface area contributed by atoms with Crippen LogP contribution in [0.3, 0.4) is 0 Å². The number of amides is 1. The van der Waals surface area contributed by atoms with Crippen LogP contribution in [0.2, 0.25) is 0 Å². The molecule has 3 atom stereocenters. The van der Waals surface area contributed by atoms with Crippen molar-refractivity contribution in [1.82, 2.24) is 5.32 Å². The summed E-state index contributed by atoms with van der Waals surface area (Å²) in [6, 6.07) is -1.51. The standard InChI is InChI=1S/C10H9F6NO5/c1-4-6(21-22-8(19)10(14,15)16)5(2-3-20-4)17-7(18)9(11,12)13/h2-6H,1H3,(H,17,18)/t4-,5-,6+/m0/s1. The zero-order chi connectivity index (χ0) is 17.1. The Balaban J connectivity index is 2.74. The highest BCUT2D eigenvalue weighted by Crippen LogP contribution is 2.22. The fourth-order valence-corrected chi connectivity index (χ4v) is 1.38. The molecule has 6 nitrogen and oxygen atoms in total. The first-order chi connectivity index (χ1) is 9.93. The molecule has 1 N–H and O–H groups in total. The number of ether oxygens (including phenoxy) is 1. The summed E-state index contributed by atoms with van der Waals surface area (Å²) in [6.07, 6.45) is -11.4. The molecule has 0 saturated carbocycles. The average Bonchev–Trinajstić information content (AvgIpc) is 2.35. The molecule has 0 saturated heterocycles. The first-order valence-corrected chi connectivity index (χ1v) is 5.57. The molecule has 0 bridgehead atoms. The first kappa shape index (κ1) is 18.1. The third-order valence-electron chi connectivity index (χ3n) is 2.42. The smallest absolute Gasteiger partial charge is 0.494 e. The van der Waals surface area contributed by atoms with Crippen molar-refractivity contribution in [2.24, 2.45) is 0 Å². The lowest BCUT2D eigenvalue weighted by Crippen LogP contribution is -2.53. The van der Waals surface area contributed by atoms with E-state index in [4.69, 9.17) is 4.74 Å². The van der Waals surface area contributed by atoms with Gasteiger partial charge in [-0.1, -0.05) is 0 Å². The van der Waals surface area contributed by atoms with Crippen LogP contribution in [0.1, 0.15) is 6.92 Å². The molecule has 0 aliphatic carbocycles. The van der Waals surface area contributed by atoms with Gasteiger partial charge >= 0.3 is 24.2 Å². The maximum Gasteiger partial charge on any atom is 0.494 e. The van der Waals surface area contributed by atoms with Crippen molar-refractivity contribution in [3.8, 4) is 0 Å². The van der Waals surface area contributed by atoms with E-state index < -0.39 is 42.5 Å². The maximum absolute atomic E-state index is 12.2. The van der Waals surface area contributed by atoms with E-state index >= 15 is 0 Å². The van der Waals surface area contributed by atoms with E-state index in [1.165, 1.54) is 12.2 Å². The van der Waals surface area contributed by atoms with Gasteiger partial charge in [-0.2, -0.15) is 31.2 Å². The number of rotatable bonds is 3. The van der Waals surface area contributed by atoms with Crippen LogP contribution in [0, 0.1) is 0 Å². The normalized spacial score (nSPS) is 25.3. The van der Waals surface area contributed by atoms with Crippen LogP contribution >= 0.6 is 0 Å². The van der Waals surface area contributed by atoms with E-state index in [1.807, 2.05) is 0 Å². The van der Waals surface area contributed by atoms with E-state index in [0.717, 1.165) is 12.3 Å². The van der Waals surface area contributed by atoms with Gasteiger partial charge in [-0.05, 0) is 13.0 Å². The number of halogens is 6. The van der Waals surface area contributed by atoms with Crippen LogP contribution in [0.15, 0.2) is 12.3 Å². The number of carbonyl (C=O) groups is 2. The van der Waals surface area contributed by atoms with E-state index in [-0.39, 0.29) is 0 Å². The van der Waals surface area contributed by atoms with Gasteiger partial charge < -0.3 is 10.1 Å². The zero-order valence-electron chi connectivity index (χ0n) is 10.7. The van der Waals surface area contributed by atoms with Gasteiger partial charge in [0.1, 0.15) is 6.10 Å². The van der Waals surface area contributed by atoms with Crippen LogP contribution in [0.4, 0.5) is 26.3 Å². The Labute approximate surface area is 118 Å². The molecular weight excluding hydrogens is 328 g/mol. The molecule has 126 valence electrons. The molecule has 1 heterocycles. The topological polar surface area (TPSA) is 73.9 Å². The van der Waals surface area contributed by atoms with E-state index in [2.05, 4.69) is 9.78 Å². The van der Waals surface area contributed by atoms with E-state index in [0.29, 0.717) is 0 Å². The highest BCUT2D eigenvalue weighted by Gasteiger charge is 2.45. The minimum atomic E-state index is -5.35. The molecule has 0 fully saturated rings. The summed E-state index contributed by atoms with van der Waals surface area (Å²) in [6.45, 7) is 1.22. The molecular formula is C10H9F6NO5. The Morgan fingerprint density at radius 1 is 1.14 bits per heavy atom. The number of hydrogen-bond donors (Lipinski definition) is 1. The van der Waals surface area contributed by atoms with E-state index in [1.54, 1.807) is 0 Å². The second-order valence-corrected chi connectivity index (χ2v) is 4.10. The Hall–Kier alpha value is -1.98. The van der Waals surface area contributed by atoms with Crippen LogP contribution in [0.5, 0.6) is 0 Å². The fraction of sp³-hybridized carbons (Fsp3) is 0.600. The predicted molar refractivity (Wildman–Crippen MR) is 54.7 cm³/mol. The Morgan fingerprint density at radius 2 is 1.73 bits per heavy atom. The minimum Gasteiger partial charge on any atom is -0.496 e. The van der Waals surface area contributed by atoms with Gasteiger partial charge in [0.2, 0.25) is 0 Å². The lowest BCUT2D eigenvalue weighted by molar-refractivity contribution is -0.334. The third-order valence-corrected chi connectivity index (χ3v) is 2.42. The maximum atomic E-state index is 12.2. The molecule has 0 spiro atoms. The number of carbonyl (C=O) groups excluding carboxylic acids is 2. The average molecular weight is 337 g/mol. The van der Waals surface area contributed by atoms with Crippen molar-refractivity contribution in [2.45, 2.75) is 37.5 Å². The SMILES string of the molecule is C[C@@H]1OC=C[C@H](NC(=O)C(F)(F)F)[C@@H]1OOC(=O)C(F)(F)F. The molecule has 12 heteroatoms. The highest BCUT2D eigenvalue weighted by molar-refractivity contribution is 5.82. The van der Waals surface area contributed by atoms with Crippen molar-refractivity contribution in [2.75, 3.05) is 0 Å². The monoisotopic (exact) mass is 337 g/mol. The molecule has 1 rings (SSSR count). The van der Waals surface area contributed by atoms with Crippen molar-refractivity contribution in [3.63, 3.8) is 0 Å². The van der Waals surface area contributed by atoms with Crippen LogP contribution in [-0.2, 0) is 24.1 Å². The summed E-state index contributed by atoms with van der Waals surface area (Å²) in [5.74, 6) is -5.04. The number of nitrogens with one attached hydrogen (secondary N) is 1. The second-order valence-electron chi connectivity index (χ2n) is 4.10. The lowest BCUT2D eigenvalue weighted by Gasteiger charge is -2.31. The summed E-state index contributed by atoms with van der Waals surface area (Å²) in [5, 5.41) is 1.47. The van der Waals surface area contributed by atoms with Gasteiger partial charge in [0.15, 0.2) is 6.10 Å². The molecule has 0 unspecified atom stereocenters. The van der Waals surface area contributed by atoms with Crippen LogP contribution < -0.4 is 5.32 Å². The quantitative estimate of drug-likeness (QED) is 0.478. The Bertz CT molecular complexity index is 460. The highest BCUT2D eigenvalue weighted by atomic mass is 19.4. The molecule has 1 aliphatic heterocycles. The predicted octanol–water partition coefficient (Wildman–Crippen LogP) is 1.37. The second kappa shape index (κ2) is 6.42. The summed E-state index contributed by atoms with van der Waals surface area (Å²) in [7, 11) is 0. The molecule has 0 aromatic carbocycles. The lowest BCUT2D eigenvalue weighted by atomic mass is 10.0. The summed E-state index contributed by atoms with van der Waals surface area (Å²) >= 11 is 0. The van der Waals surface area contributed by atoms with E-state index in [9.17, 15) is 35.9 Å². The zero-order valence-corrected chi connectivity index (χ0v) is 10.7.